The third-order valence-electron chi connectivity index (χ3n) is 5.27. The van der Waals surface area contributed by atoms with E-state index in [1.165, 1.54) is 44.9 Å². The topological polar surface area (TPSA) is 9.23 Å². The summed E-state index contributed by atoms with van der Waals surface area (Å²) in [5.41, 5.74) is 0.421. The van der Waals surface area contributed by atoms with Crippen molar-refractivity contribution in [1.29, 1.82) is 0 Å². The van der Waals surface area contributed by atoms with Crippen molar-refractivity contribution in [3.8, 4) is 0 Å². The van der Waals surface area contributed by atoms with Crippen LogP contribution in [0.5, 0.6) is 0 Å². The van der Waals surface area contributed by atoms with Gasteiger partial charge in [-0.2, -0.15) is 0 Å². The van der Waals surface area contributed by atoms with Gasteiger partial charge in [-0.15, -0.1) is 0 Å². The first-order chi connectivity index (χ1) is 6.39. The molecule has 0 radical (unpaired) electrons. The highest BCUT2D eigenvalue weighted by Crippen LogP contribution is 2.65. The first-order valence-corrected chi connectivity index (χ1v) is 6.07. The minimum atomic E-state index is 0.421. The van der Waals surface area contributed by atoms with E-state index in [1.807, 2.05) is 0 Å². The SMILES string of the molecule is C1CCC2(C1)O[C@H]1[C@@H]3CC[C@@H](C3)[C@H]12. The first-order valence-electron chi connectivity index (χ1n) is 6.07. The summed E-state index contributed by atoms with van der Waals surface area (Å²) < 4.78 is 6.25. The molecule has 0 unspecified atom stereocenters. The van der Waals surface area contributed by atoms with Crippen LogP contribution in [0.25, 0.3) is 0 Å². The molecule has 2 bridgehead atoms. The van der Waals surface area contributed by atoms with E-state index in [4.69, 9.17) is 4.74 Å². The van der Waals surface area contributed by atoms with Crippen molar-refractivity contribution in [2.24, 2.45) is 17.8 Å². The lowest BCUT2D eigenvalue weighted by Gasteiger charge is -2.55. The Hall–Kier alpha value is -0.0400. The Morgan fingerprint density at radius 3 is 2.54 bits per heavy atom. The van der Waals surface area contributed by atoms with E-state index in [-0.39, 0.29) is 0 Å². The molecular weight excluding hydrogens is 160 g/mol. The van der Waals surface area contributed by atoms with Gasteiger partial charge in [0.15, 0.2) is 0 Å². The van der Waals surface area contributed by atoms with Crippen molar-refractivity contribution in [2.45, 2.75) is 56.7 Å². The zero-order valence-electron chi connectivity index (χ0n) is 8.17. The van der Waals surface area contributed by atoms with Crippen molar-refractivity contribution in [3.05, 3.63) is 0 Å². The molecule has 72 valence electrons. The molecule has 0 N–H and O–H groups in total. The van der Waals surface area contributed by atoms with Gasteiger partial charge in [-0.05, 0) is 43.9 Å². The largest absolute Gasteiger partial charge is 0.371 e. The number of ether oxygens (including phenoxy) is 1. The minimum Gasteiger partial charge on any atom is -0.371 e. The molecule has 1 spiro atoms. The summed E-state index contributed by atoms with van der Waals surface area (Å²) in [5, 5.41) is 0. The summed E-state index contributed by atoms with van der Waals surface area (Å²) >= 11 is 0. The van der Waals surface area contributed by atoms with Crippen LogP contribution in [-0.2, 0) is 4.74 Å². The van der Waals surface area contributed by atoms with Gasteiger partial charge in [0.1, 0.15) is 0 Å². The lowest BCUT2D eigenvalue weighted by Crippen LogP contribution is -2.60. The van der Waals surface area contributed by atoms with Gasteiger partial charge in [0.05, 0.1) is 11.7 Å². The summed E-state index contributed by atoms with van der Waals surface area (Å²) in [4.78, 5) is 0. The van der Waals surface area contributed by atoms with Crippen LogP contribution in [0.15, 0.2) is 0 Å². The fourth-order valence-corrected chi connectivity index (χ4v) is 4.84. The highest BCUT2D eigenvalue weighted by Gasteiger charge is 2.66. The maximum Gasteiger partial charge on any atom is 0.0742 e. The second kappa shape index (κ2) is 2.13. The summed E-state index contributed by atoms with van der Waals surface area (Å²) in [5.74, 6) is 3.05. The molecule has 4 atom stereocenters. The van der Waals surface area contributed by atoms with Crippen LogP contribution in [0.4, 0.5) is 0 Å². The van der Waals surface area contributed by atoms with Crippen LogP contribution in [0.3, 0.4) is 0 Å². The lowest BCUT2D eigenvalue weighted by atomic mass is 9.68. The van der Waals surface area contributed by atoms with Crippen LogP contribution >= 0.6 is 0 Å². The number of rotatable bonds is 0. The van der Waals surface area contributed by atoms with Crippen molar-refractivity contribution >= 4 is 0 Å². The Morgan fingerprint density at radius 1 is 1.00 bits per heavy atom. The summed E-state index contributed by atoms with van der Waals surface area (Å²) in [6, 6.07) is 0. The van der Waals surface area contributed by atoms with Crippen molar-refractivity contribution in [3.63, 3.8) is 0 Å². The molecule has 0 aromatic rings. The summed E-state index contributed by atoms with van der Waals surface area (Å²) in [7, 11) is 0. The average Bonchev–Trinajstić information content (AvgIpc) is 2.73. The van der Waals surface area contributed by atoms with Crippen LogP contribution < -0.4 is 0 Å². The quantitative estimate of drug-likeness (QED) is 0.554. The van der Waals surface area contributed by atoms with Gasteiger partial charge < -0.3 is 4.74 Å². The Labute approximate surface area is 79.8 Å². The van der Waals surface area contributed by atoms with Gasteiger partial charge in [0.2, 0.25) is 0 Å². The van der Waals surface area contributed by atoms with E-state index in [2.05, 4.69) is 0 Å². The first kappa shape index (κ1) is 7.28. The van der Waals surface area contributed by atoms with E-state index < -0.39 is 0 Å². The standard InChI is InChI=1S/C12H18O/c1-2-6-12(5-1)10-8-3-4-9(7-8)11(10)13-12/h8-11H,1-7H2/t8-,9+,10+,11-/m0/s1. The third-order valence-corrected chi connectivity index (χ3v) is 5.27. The average molecular weight is 178 g/mol. The number of fused-ring (bicyclic) bond motifs is 6. The Kier molecular flexibility index (Phi) is 1.19. The third kappa shape index (κ3) is 0.707. The molecule has 3 saturated carbocycles. The smallest absolute Gasteiger partial charge is 0.0742 e. The van der Waals surface area contributed by atoms with Crippen molar-refractivity contribution in [1.82, 2.24) is 0 Å². The van der Waals surface area contributed by atoms with Gasteiger partial charge in [0, 0.05) is 5.92 Å². The molecule has 3 aliphatic carbocycles. The normalized spacial score (nSPS) is 55.4. The number of hydrogen-bond donors (Lipinski definition) is 0. The van der Waals surface area contributed by atoms with E-state index in [0.717, 1.165) is 23.9 Å². The maximum absolute atomic E-state index is 6.25. The fourth-order valence-electron chi connectivity index (χ4n) is 4.84. The fraction of sp³-hybridized carbons (Fsp3) is 1.00. The van der Waals surface area contributed by atoms with Crippen molar-refractivity contribution < 1.29 is 4.74 Å². The molecule has 4 fully saturated rings. The summed E-state index contributed by atoms with van der Waals surface area (Å²) in [6.45, 7) is 0. The van der Waals surface area contributed by atoms with E-state index >= 15 is 0 Å². The van der Waals surface area contributed by atoms with Gasteiger partial charge in [0.25, 0.3) is 0 Å². The monoisotopic (exact) mass is 178 g/mol. The second-order valence-corrected chi connectivity index (χ2v) is 5.71. The minimum absolute atomic E-state index is 0.421. The highest BCUT2D eigenvalue weighted by atomic mass is 16.5. The summed E-state index contributed by atoms with van der Waals surface area (Å²) in [6.07, 6.45) is 10.9. The van der Waals surface area contributed by atoms with Crippen LogP contribution in [0, 0.1) is 17.8 Å². The Morgan fingerprint density at radius 2 is 1.77 bits per heavy atom. The van der Waals surface area contributed by atoms with Crippen molar-refractivity contribution in [2.75, 3.05) is 0 Å². The molecule has 1 heterocycles. The molecule has 0 aromatic carbocycles. The van der Waals surface area contributed by atoms with Gasteiger partial charge >= 0.3 is 0 Å². The molecule has 1 nitrogen and oxygen atoms in total. The molecule has 13 heavy (non-hydrogen) atoms. The predicted molar refractivity (Wildman–Crippen MR) is 50.4 cm³/mol. The molecule has 1 heteroatoms. The molecular formula is C12H18O. The molecule has 4 rings (SSSR count). The highest BCUT2D eigenvalue weighted by molar-refractivity contribution is 5.14. The zero-order valence-corrected chi connectivity index (χ0v) is 8.17. The number of hydrogen-bond acceptors (Lipinski definition) is 1. The van der Waals surface area contributed by atoms with Crippen LogP contribution in [0.1, 0.15) is 44.9 Å². The van der Waals surface area contributed by atoms with E-state index in [1.54, 1.807) is 0 Å². The maximum atomic E-state index is 6.25. The lowest BCUT2D eigenvalue weighted by molar-refractivity contribution is -0.273. The molecule has 4 aliphatic rings. The molecule has 1 saturated heterocycles. The van der Waals surface area contributed by atoms with Gasteiger partial charge in [-0.1, -0.05) is 12.8 Å². The van der Waals surface area contributed by atoms with Gasteiger partial charge in [-0.25, -0.2) is 0 Å². The molecule has 0 amide bonds. The Bertz CT molecular complexity index is 240. The Balaban J connectivity index is 1.67. The van der Waals surface area contributed by atoms with E-state index in [0.29, 0.717) is 5.60 Å². The second-order valence-electron chi connectivity index (χ2n) is 5.71. The predicted octanol–water partition coefficient (Wildman–Crippen LogP) is 2.74. The molecule has 0 aromatic heterocycles. The van der Waals surface area contributed by atoms with Crippen LogP contribution in [-0.4, -0.2) is 11.7 Å². The van der Waals surface area contributed by atoms with E-state index in [9.17, 15) is 0 Å². The van der Waals surface area contributed by atoms with Crippen LogP contribution in [0.2, 0.25) is 0 Å². The van der Waals surface area contributed by atoms with Gasteiger partial charge in [-0.3, -0.25) is 0 Å². The molecule has 1 aliphatic heterocycles. The zero-order chi connectivity index (χ0) is 8.47.